The van der Waals surface area contributed by atoms with E-state index in [0.29, 0.717) is 18.2 Å². The summed E-state index contributed by atoms with van der Waals surface area (Å²) in [5.74, 6) is 1.01. The van der Waals surface area contributed by atoms with Crippen LogP contribution in [0.1, 0.15) is 20.8 Å². The maximum Gasteiger partial charge on any atom is 0.311 e. The molecule has 0 aliphatic carbocycles. The molecule has 0 radical (unpaired) electrons. The first-order valence-electron chi connectivity index (χ1n) is 5.79. The third kappa shape index (κ3) is 3.58. The standard InChI is InChI=1S/C12H20N4O2/c1-12(2,3)8-15(5)11-9(16(17)18)6-7-10(13-4)14-11/h6-7H,8H2,1-5H3,(H,13,14). The second-order valence-electron chi connectivity index (χ2n) is 5.46. The molecule has 1 rings (SSSR count). The Bertz CT molecular complexity index is 440. The molecule has 0 fully saturated rings. The van der Waals surface area contributed by atoms with Crippen LogP contribution in [0.4, 0.5) is 17.3 Å². The summed E-state index contributed by atoms with van der Waals surface area (Å²) in [4.78, 5) is 16.7. The molecule has 1 N–H and O–H groups in total. The molecule has 0 aliphatic rings. The monoisotopic (exact) mass is 252 g/mol. The average Bonchev–Trinajstić information content (AvgIpc) is 2.25. The highest BCUT2D eigenvalue weighted by molar-refractivity contribution is 5.61. The van der Waals surface area contributed by atoms with E-state index in [0.717, 1.165) is 0 Å². The van der Waals surface area contributed by atoms with E-state index in [1.807, 2.05) is 11.9 Å². The highest BCUT2D eigenvalue weighted by atomic mass is 16.6. The van der Waals surface area contributed by atoms with Crippen LogP contribution in [-0.4, -0.2) is 30.5 Å². The molecule has 1 aromatic rings. The van der Waals surface area contributed by atoms with Gasteiger partial charge in [-0.05, 0) is 11.5 Å². The van der Waals surface area contributed by atoms with Crippen LogP contribution >= 0.6 is 0 Å². The second kappa shape index (κ2) is 5.20. The number of nitrogens with one attached hydrogen (secondary N) is 1. The Labute approximate surface area is 107 Å². The number of anilines is 2. The van der Waals surface area contributed by atoms with E-state index < -0.39 is 4.92 Å². The van der Waals surface area contributed by atoms with Gasteiger partial charge in [0.05, 0.1) is 4.92 Å². The van der Waals surface area contributed by atoms with E-state index in [4.69, 9.17) is 0 Å². The minimum atomic E-state index is -0.402. The van der Waals surface area contributed by atoms with Crippen LogP contribution < -0.4 is 10.2 Å². The van der Waals surface area contributed by atoms with Gasteiger partial charge in [-0.2, -0.15) is 0 Å². The van der Waals surface area contributed by atoms with Gasteiger partial charge < -0.3 is 10.2 Å². The maximum absolute atomic E-state index is 11.0. The summed E-state index contributed by atoms with van der Waals surface area (Å²) in [5.41, 5.74) is 0.0701. The fraction of sp³-hybridized carbons (Fsp3) is 0.583. The Morgan fingerprint density at radius 2 is 2.06 bits per heavy atom. The van der Waals surface area contributed by atoms with Crippen molar-refractivity contribution in [1.82, 2.24) is 4.98 Å². The minimum Gasteiger partial charge on any atom is -0.373 e. The van der Waals surface area contributed by atoms with Gasteiger partial charge in [0.15, 0.2) is 0 Å². The Hall–Kier alpha value is -1.85. The SMILES string of the molecule is CNc1ccc([N+](=O)[O-])c(N(C)CC(C)(C)C)n1. The van der Waals surface area contributed by atoms with E-state index in [2.05, 4.69) is 31.1 Å². The van der Waals surface area contributed by atoms with Gasteiger partial charge in [-0.25, -0.2) is 4.98 Å². The largest absolute Gasteiger partial charge is 0.373 e. The van der Waals surface area contributed by atoms with Crippen LogP contribution in [0, 0.1) is 15.5 Å². The van der Waals surface area contributed by atoms with E-state index in [-0.39, 0.29) is 11.1 Å². The summed E-state index contributed by atoms with van der Waals surface area (Å²) in [5, 5.41) is 13.9. The lowest BCUT2D eigenvalue weighted by atomic mass is 9.96. The van der Waals surface area contributed by atoms with Crippen LogP contribution in [0.3, 0.4) is 0 Å². The highest BCUT2D eigenvalue weighted by Crippen LogP contribution is 2.28. The number of pyridine rings is 1. The molecule has 6 nitrogen and oxygen atoms in total. The topological polar surface area (TPSA) is 71.3 Å². The zero-order valence-corrected chi connectivity index (χ0v) is 11.5. The predicted octanol–water partition coefficient (Wildman–Crippen LogP) is 2.51. The molecule has 0 atom stereocenters. The summed E-state index contributed by atoms with van der Waals surface area (Å²) in [7, 11) is 3.56. The third-order valence-electron chi connectivity index (χ3n) is 2.38. The molecule has 0 saturated carbocycles. The summed E-state index contributed by atoms with van der Waals surface area (Å²) in [6.07, 6.45) is 0. The number of nitro groups is 1. The Kier molecular flexibility index (Phi) is 4.11. The Morgan fingerprint density at radius 1 is 1.44 bits per heavy atom. The molecule has 0 aliphatic heterocycles. The van der Waals surface area contributed by atoms with Crippen molar-refractivity contribution in [2.75, 3.05) is 30.9 Å². The number of aromatic nitrogens is 1. The van der Waals surface area contributed by atoms with Gasteiger partial charge in [-0.15, -0.1) is 0 Å². The molecule has 0 bridgehead atoms. The quantitative estimate of drug-likeness (QED) is 0.658. The van der Waals surface area contributed by atoms with Crippen molar-refractivity contribution in [3.8, 4) is 0 Å². The fourth-order valence-corrected chi connectivity index (χ4v) is 1.79. The lowest BCUT2D eigenvalue weighted by Gasteiger charge is -2.27. The molecule has 0 spiro atoms. The van der Waals surface area contributed by atoms with Gasteiger partial charge >= 0.3 is 5.69 Å². The van der Waals surface area contributed by atoms with Crippen molar-refractivity contribution in [2.24, 2.45) is 5.41 Å². The maximum atomic E-state index is 11.0. The van der Waals surface area contributed by atoms with E-state index in [1.165, 1.54) is 6.07 Å². The zero-order valence-electron chi connectivity index (χ0n) is 11.5. The van der Waals surface area contributed by atoms with Crippen LogP contribution in [0.5, 0.6) is 0 Å². The molecular formula is C12H20N4O2. The van der Waals surface area contributed by atoms with Crippen molar-refractivity contribution in [3.05, 3.63) is 22.2 Å². The summed E-state index contributed by atoms with van der Waals surface area (Å²) in [6, 6.07) is 3.08. The van der Waals surface area contributed by atoms with E-state index in [1.54, 1.807) is 13.1 Å². The third-order valence-corrected chi connectivity index (χ3v) is 2.38. The lowest BCUT2D eigenvalue weighted by Crippen LogP contribution is -2.30. The number of rotatable bonds is 4. The van der Waals surface area contributed by atoms with Crippen LogP contribution in [0.25, 0.3) is 0 Å². The molecule has 0 aromatic carbocycles. The molecule has 0 unspecified atom stereocenters. The first-order valence-corrected chi connectivity index (χ1v) is 5.79. The predicted molar refractivity (Wildman–Crippen MR) is 73.2 cm³/mol. The van der Waals surface area contributed by atoms with Crippen LogP contribution in [-0.2, 0) is 0 Å². The van der Waals surface area contributed by atoms with Crippen LogP contribution in [0.15, 0.2) is 12.1 Å². The van der Waals surface area contributed by atoms with Crippen molar-refractivity contribution in [2.45, 2.75) is 20.8 Å². The van der Waals surface area contributed by atoms with Gasteiger partial charge in [0.1, 0.15) is 5.82 Å². The first kappa shape index (κ1) is 14.2. The highest BCUT2D eigenvalue weighted by Gasteiger charge is 2.22. The van der Waals surface area contributed by atoms with Crippen molar-refractivity contribution in [1.29, 1.82) is 0 Å². The Balaban J connectivity index is 3.14. The van der Waals surface area contributed by atoms with Gasteiger partial charge in [0.2, 0.25) is 5.82 Å². The van der Waals surface area contributed by atoms with Crippen molar-refractivity contribution in [3.63, 3.8) is 0 Å². The van der Waals surface area contributed by atoms with Crippen LogP contribution in [0.2, 0.25) is 0 Å². The number of nitrogens with zero attached hydrogens (tertiary/aromatic N) is 3. The zero-order chi connectivity index (χ0) is 13.9. The van der Waals surface area contributed by atoms with Crippen molar-refractivity contribution >= 4 is 17.3 Å². The molecule has 100 valence electrons. The molecule has 0 saturated heterocycles. The number of hydrogen-bond donors (Lipinski definition) is 1. The first-order chi connectivity index (χ1) is 8.24. The van der Waals surface area contributed by atoms with E-state index in [9.17, 15) is 10.1 Å². The summed E-state index contributed by atoms with van der Waals surface area (Å²) in [6.45, 7) is 6.93. The second-order valence-corrected chi connectivity index (χ2v) is 5.46. The fourth-order valence-electron chi connectivity index (χ4n) is 1.79. The van der Waals surface area contributed by atoms with E-state index >= 15 is 0 Å². The van der Waals surface area contributed by atoms with Gasteiger partial charge in [-0.1, -0.05) is 20.8 Å². The summed E-state index contributed by atoms with van der Waals surface area (Å²) >= 11 is 0. The van der Waals surface area contributed by atoms with Crippen molar-refractivity contribution < 1.29 is 4.92 Å². The molecular weight excluding hydrogens is 232 g/mol. The average molecular weight is 252 g/mol. The Morgan fingerprint density at radius 3 is 2.50 bits per heavy atom. The molecule has 1 aromatic heterocycles. The molecule has 0 amide bonds. The lowest BCUT2D eigenvalue weighted by molar-refractivity contribution is -0.384. The molecule has 1 heterocycles. The normalized spacial score (nSPS) is 11.2. The molecule has 18 heavy (non-hydrogen) atoms. The van der Waals surface area contributed by atoms with Gasteiger partial charge in [-0.3, -0.25) is 10.1 Å². The van der Waals surface area contributed by atoms with Gasteiger partial charge in [0.25, 0.3) is 0 Å². The smallest absolute Gasteiger partial charge is 0.311 e. The molecule has 6 heteroatoms. The number of hydrogen-bond acceptors (Lipinski definition) is 5. The summed E-state index contributed by atoms with van der Waals surface area (Å²) < 4.78 is 0. The minimum absolute atomic E-state index is 0.0285. The van der Waals surface area contributed by atoms with Gasteiger partial charge in [0, 0.05) is 26.7 Å².